The topological polar surface area (TPSA) is 79.3 Å². The average Bonchev–Trinajstić information content (AvgIpc) is 3.50. The third-order valence-corrected chi connectivity index (χ3v) is 6.14. The lowest BCUT2D eigenvalue weighted by atomic mass is 10.1. The molecule has 0 amide bonds. The molecule has 2 fully saturated rings. The minimum absolute atomic E-state index is 0.0490. The Bertz CT molecular complexity index is 939. The van der Waals surface area contributed by atoms with Crippen molar-refractivity contribution in [3.8, 4) is 0 Å². The molecule has 8 heteroatoms. The molecule has 2 aromatic rings. The van der Waals surface area contributed by atoms with E-state index in [2.05, 4.69) is 26.8 Å². The fourth-order valence-corrected chi connectivity index (χ4v) is 4.45. The number of morpholine rings is 1. The Hall–Kier alpha value is -2.19. The minimum atomic E-state index is 0.0490. The molecule has 0 unspecified atom stereocenters. The molecule has 5 rings (SSSR count). The fraction of sp³-hybridized carbons (Fsp3) is 0.650. The van der Waals surface area contributed by atoms with Gasteiger partial charge in [-0.1, -0.05) is 0 Å². The van der Waals surface area contributed by atoms with Crippen LogP contribution in [0.1, 0.15) is 47.1 Å². The molecule has 0 bridgehead atoms. The molecule has 2 aliphatic heterocycles. The van der Waals surface area contributed by atoms with Crippen LogP contribution in [0.4, 0.5) is 5.82 Å². The second-order valence-corrected chi connectivity index (χ2v) is 8.22. The molecular formula is C20H28N6O2. The molecule has 1 saturated carbocycles. The number of anilines is 1. The van der Waals surface area contributed by atoms with E-state index < -0.39 is 0 Å². The van der Waals surface area contributed by atoms with E-state index in [1.807, 2.05) is 11.7 Å². The quantitative estimate of drug-likeness (QED) is 0.850. The number of nitrogens with one attached hydrogen (secondary N) is 1. The van der Waals surface area contributed by atoms with Crippen LogP contribution in [0.3, 0.4) is 0 Å². The molecule has 3 aliphatic rings. The van der Waals surface area contributed by atoms with Crippen molar-refractivity contribution in [1.82, 2.24) is 24.6 Å². The van der Waals surface area contributed by atoms with Gasteiger partial charge >= 0.3 is 0 Å². The first-order valence-corrected chi connectivity index (χ1v) is 10.3. The van der Waals surface area contributed by atoms with E-state index in [0.717, 1.165) is 81.4 Å². The molecule has 0 spiro atoms. The second-order valence-electron chi connectivity index (χ2n) is 8.22. The van der Waals surface area contributed by atoms with Crippen molar-refractivity contribution in [1.29, 1.82) is 0 Å². The normalized spacial score (nSPS) is 20.4. The number of aryl methyl sites for hydroxylation is 2. The van der Waals surface area contributed by atoms with E-state index in [4.69, 9.17) is 9.72 Å². The highest BCUT2D eigenvalue weighted by Gasteiger charge is 2.30. The van der Waals surface area contributed by atoms with E-state index in [9.17, 15) is 4.79 Å². The van der Waals surface area contributed by atoms with Crippen LogP contribution in [0.2, 0.25) is 0 Å². The summed E-state index contributed by atoms with van der Waals surface area (Å²) >= 11 is 0. The van der Waals surface area contributed by atoms with Crippen LogP contribution < -0.4 is 10.5 Å². The van der Waals surface area contributed by atoms with Crippen LogP contribution in [0, 0.1) is 6.92 Å². The number of hydrogen-bond acceptors (Lipinski definition) is 6. The summed E-state index contributed by atoms with van der Waals surface area (Å²) in [7, 11) is 2.01. The molecule has 150 valence electrons. The number of nitrogens with zero attached hydrogens (tertiary/aromatic N) is 5. The highest BCUT2D eigenvalue weighted by atomic mass is 16.5. The summed E-state index contributed by atoms with van der Waals surface area (Å²) in [5.74, 6) is 2.56. The zero-order valence-electron chi connectivity index (χ0n) is 16.7. The number of aromatic amines is 1. The van der Waals surface area contributed by atoms with Gasteiger partial charge < -0.3 is 14.6 Å². The Kier molecular flexibility index (Phi) is 4.47. The molecule has 1 N–H and O–H groups in total. The van der Waals surface area contributed by atoms with Crippen molar-refractivity contribution in [2.45, 2.75) is 45.2 Å². The van der Waals surface area contributed by atoms with E-state index in [-0.39, 0.29) is 5.56 Å². The maximum absolute atomic E-state index is 12.6. The lowest BCUT2D eigenvalue weighted by Gasteiger charge is -2.32. The third kappa shape index (κ3) is 3.24. The maximum Gasteiger partial charge on any atom is 0.255 e. The van der Waals surface area contributed by atoms with Crippen LogP contribution in [0.25, 0.3) is 0 Å². The van der Waals surface area contributed by atoms with Gasteiger partial charge in [0.2, 0.25) is 0 Å². The maximum atomic E-state index is 12.6. The van der Waals surface area contributed by atoms with Gasteiger partial charge in [-0.3, -0.25) is 14.4 Å². The van der Waals surface area contributed by atoms with E-state index in [1.54, 1.807) is 0 Å². The summed E-state index contributed by atoms with van der Waals surface area (Å²) in [6.07, 6.45) is 3.14. The molecule has 2 aromatic heterocycles. The van der Waals surface area contributed by atoms with Gasteiger partial charge in [0.1, 0.15) is 11.6 Å². The molecule has 8 nitrogen and oxygen atoms in total. The van der Waals surface area contributed by atoms with Crippen molar-refractivity contribution in [3.63, 3.8) is 0 Å². The summed E-state index contributed by atoms with van der Waals surface area (Å²) < 4.78 is 7.50. The van der Waals surface area contributed by atoms with Gasteiger partial charge in [0, 0.05) is 57.7 Å². The molecule has 4 heterocycles. The largest absolute Gasteiger partial charge is 0.378 e. The van der Waals surface area contributed by atoms with E-state index in [0.29, 0.717) is 12.5 Å². The summed E-state index contributed by atoms with van der Waals surface area (Å²) in [5, 5.41) is 4.68. The molecule has 28 heavy (non-hydrogen) atoms. The van der Waals surface area contributed by atoms with Crippen LogP contribution in [-0.2, 0) is 31.3 Å². The average molecular weight is 384 g/mol. The van der Waals surface area contributed by atoms with Gasteiger partial charge in [-0.25, -0.2) is 4.98 Å². The molecule has 1 aliphatic carbocycles. The molecule has 1 saturated heterocycles. The van der Waals surface area contributed by atoms with Gasteiger partial charge in [-0.15, -0.1) is 0 Å². The van der Waals surface area contributed by atoms with Crippen LogP contribution in [0.15, 0.2) is 4.79 Å². The van der Waals surface area contributed by atoms with Gasteiger partial charge in [0.25, 0.3) is 5.56 Å². The molecule has 0 aromatic carbocycles. The van der Waals surface area contributed by atoms with Crippen molar-refractivity contribution < 1.29 is 4.74 Å². The van der Waals surface area contributed by atoms with Gasteiger partial charge in [0.05, 0.1) is 30.2 Å². The Morgan fingerprint density at radius 2 is 2.00 bits per heavy atom. The lowest BCUT2D eigenvalue weighted by molar-refractivity contribution is 0.122. The van der Waals surface area contributed by atoms with Crippen molar-refractivity contribution >= 4 is 5.82 Å². The molecule has 0 radical (unpaired) electrons. The Balaban J connectivity index is 1.38. The summed E-state index contributed by atoms with van der Waals surface area (Å²) in [5.41, 5.74) is 4.20. The summed E-state index contributed by atoms with van der Waals surface area (Å²) in [6, 6.07) is 0. The van der Waals surface area contributed by atoms with Crippen molar-refractivity contribution in [3.05, 3.63) is 38.7 Å². The summed E-state index contributed by atoms with van der Waals surface area (Å²) in [6.45, 7) is 7.74. The zero-order valence-corrected chi connectivity index (χ0v) is 16.7. The molecular weight excluding hydrogens is 356 g/mol. The first-order valence-electron chi connectivity index (χ1n) is 10.3. The number of rotatable bonds is 4. The van der Waals surface area contributed by atoms with E-state index in [1.165, 1.54) is 11.4 Å². The Labute approximate surface area is 164 Å². The number of fused-ring (bicyclic) bond motifs is 1. The fourth-order valence-electron chi connectivity index (χ4n) is 4.45. The van der Waals surface area contributed by atoms with Gasteiger partial charge in [-0.2, -0.15) is 5.10 Å². The van der Waals surface area contributed by atoms with Crippen LogP contribution in [-0.4, -0.2) is 57.5 Å². The number of hydrogen-bond donors (Lipinski definition) is 1. The van der Waals surface area contributed by atoms with Gasteiger partial charge in [0.15, 0.2) is 0 Å². The van der Waals surface area contributed by atoms with Gasteiger partial charge in [-0.05, 0) is 19.8 Å². The standard InChI is InChI=1S/C20H28N6O2/c1-13-15(20(24(2)23-13)26-7-9-28-10-8-26)11-25-6-5-17-16(12-25)19(27)22-18(21-17)14-3-4-14/h14H,3-12H2,1-2H3,(H,21,22,27). The first-order chi connectivity index (χ1) is 13.6. The van der Waals surface area contributed by atoms with Crippen molar-refractivity contribution in [2.24, 2.45) is 7.05 Å². The predicted octanol–water partition coefficient (Wildman–Crippen LogP) is 1.08. The SMILES string of the molecule is Cc1nn(C)c(N2CCOCC2)c1CN1CCc2nc(C3CC3)[nH]c(=O)c2C1. The summed E-state index contributed by atoms with van der Waals surface area (Å²) in [4.78, 5) is 25.2. The Morgan fingerprint density at radius 3 is 2.75 bits per heavy atom. The second kappa shape index (κ2) is 7.00. The van der Waals surface area contributed by atoms with Crippen LogP contribution in [0.5, 0.6) is 0 Å². The van der Waals surface area contributed by atoms with E-state index >= 15 is 0 Å². The Morgan fingerprint density at radius 1 is 1.21 bits per heavy atom. The number of H-pyrrole nitrogens is 1. The monoisotopic (exact) mass is 384 g/mol. The predicted molar refractivity (Wildman–Crippen MR) is 106 cm³/mol. The minimum Gasteiger partial charge on any atom is -0.378 e. The van der Waals surface area contributed by atoms with Crippen molar-refractivity contribution in [2.75, 3.05) is 37.7 Å². The number of aromatic nitrogens is 4. The lowest BCUT2D eigenvalue weighted by Crippen LogP contribution is -2.39. The highest BCUT2D eigenvalue weighted by Crippen LogP contribution is 2.38. The zero-order chi connectivity index (χ0) is 19.3. The third-order valence-electron chi connectivity index (χ3n) is 6.14. The number of ether oxygens (including phenoxy) is 1. The first kappa shape index (κ1) is 17.9. The molecule has 0 atom stereocenters. The smallest absolute Gasteiger partial charge is 0.255 e. The highest BCUT2D eigenvalue weighted by molar-refractivity contribution is 5.50. The van der Waals surface area contributed by atoms with Crippen LogP contribution >= 0.6 is 0 Å².